The second kappa shape index (κ2) is 6.18. The van der Waals surface area contributed by atoms with Gasteiger partial charge in [0.1, 0.15) is 11.6 Å². The first-order valence-electron chi connectivity index (χ1n) is 9.12. The molecule has 2 aliphatic rings. The zero-order valence-electron chi connectivity index (χ0n) is 15.2. The highest BCUT2D eigenvalue weighted by Crippen LogP contribution is 2.39. The van der Waals surface area contributed by atoms with Crippen molar-refractivity contribution in [2.75, 3.05) is 26.7 Å². The summed E-state index contributed by atoms with van der Waals surface area (Å²) in [6.45, 7) is 8.53. The molecule has 2 aromatic rings. The Kier molecular flexibility index (Phi) is 4.12. The second-order valence-electron chi connectivity index (χ2n) is 7.81. The van der Waals surface area contributed by atoms with Gasteiger partial charge in [0.15, 0.2) is 5.82 Å². The van der Waals surface area contributed by atoms with Crippen LogP contribution in [0.1, 0.15) is 32.5 Å². The number of nitrogens with zero attached hydrogens (tertiary/aromatic N) is 5. The highest BCUT2D eigenvalue weighted by molar-refractivity contribution is 5.56. The summed E-state index contributed by atoms with van der Waals surface area (Å²) in [7, 11) is 2.16. The van der Waals surface area contributed by atoms with Gasteiger partial charge in [0, 0.05) is 31.2 Å². The van der Waals surface area contributed by atoms with Crippen LogP contribution < -0.4 is 0 Å². The monoisotopic (exact) mass is 343 g/mol. The largest absolute Gasteiger partial charge is 0.302 e. The van der Waals surface area contributed by atoms with E-state index in [1.165, 1.54) is 12.1 Å². The van der Waals surface area contributed by atoms with E-state index >= 15 is 0 Å². The van der Waals surface area contributed by atoms with Crippen molar-refractivity contribution < 1.29 is 4.39 Å². The molecule has 0 N–H and O–H groups in total. The third-order valence-corrected chi connectivity index (χ3v) is 5.74. The maximum Gasteiger partial charge on any atom is 0.164 e. The lowest BCUT2D eigenvalue weighted by Crippen LogP contribution is -2.56. The summed E-state index contributed by atoms with van der Waals surface area (Å²) in [6.07, 6.45) is 2.18. The zero-order valence-corrected chi connectivity index (χ0v) is 15.2. The third-order valence-electron chi connectivity index (χ3n) is 5.74. The van der Waals surface area contributed by atoms with E-state index in [1.54, 1.807) is 0 Å². The summed E-state index contributed by atoms with van der Waals surface area (Å²) in [5.74, 6) is 1.67. The summed E-state index contributed by atoms with van der Waals surface area (Å²) in [5.41, 5.74) is 0.969. The molecule has 0 aliphatic carbocycles. The molecule has 1 saturated heterocycles. The lowest BCUT2D eigenvalue weighted by molar-refractivity contribution is 0.0408. The average Bonchev–Trinajstić information content (AvgIpc) is 3.00. The molecule has 1 fully saturated rings. The van der Waals surface area contributed by atoms with Gasteiger partial charge in [-0.3, -0.25) is 4.90 Å². The molecule has 1 spiro atoms. The number of rotatable bonds is 2. The predicted molar refractivity (Wildman–Crippen MR) is 95.7 cm³/mol. The van der Waals surface area contributed by atoms with Gasteiger partial charge in [0.05, 0.1) is 12.1 Å². The van der Waals surface area contributed by atoms with Crippen LogP contribution in [-0.2, 0) is 12.1 Å². The van der Waals surface area contributed by atoms with Crippen molar-refractivity contribution in [3.05, 3.63) is 35.9 Å². The fraction of sp³-hybridized carbons (Fsp3) is 0.579. The Bertz CT molecular complexity index is 744. The maximum atomic E-state index is 13.3. The lowest BCUT2D eigenvalue weighted by Gasteiger charge is -2.49. The number of likely N-dealkylation sites (N-methyl/N-ethyl adjacent to an activating group) is 1. The first kappa shape index (κ1) is 16.7. The van der Waals surface area contributed by atoms with Crippen LogP contribution in [0.4, 0.5) is 4.39 Å². The highest BCUT2D eigenvalue weighted by atomic mass is 19.1. The van der Waals surface area contributed by atoms with E-state index in [0.717, 1.165) is 56.2 Å². The molecule has 0 bridgehead atoms. The Labute approximate surface area is 148 Å². The van der Waals surface area contributed by atoms with Gasteiger partial charge in [0.2, 0.25) is 0 Å². The molecule has 6 heteroatoms. The average molecular weight is 343 g/mol. The molecule has 25 heavy (non-hydrogen) atoms. The Morgan fingerprint density at radius 3 is 2.40 bits per heavy atom. The highest BCUT2D eigenvalue weighted by Gasteiger charge is 2.43. The number of aromatic nitrogens is 3. The molecule has 4 rings (SSSR count). The van der Waals surface area contributed by atoms with Crippen LogP contribution in [0.2, 0.25) is 0 Å². The van der Waals surface area contributed by atoms with Crippen LogP contribution >= 0.6 is 0 Å². The number of hydrogen-bond acceptors (Lipinski definition) is 4. The van der Waals surface area contributed by atoms with Crippen LogP contribution in [0.3, 0.4) is 0 Å². The number of halogens is 1. The first-order valence-corrected chi connectivity index (χ1v) is 9.12. The number of fused-ring (bicyclic) bond motifs is 2. The molecular formula is C19H26FN5. The lowest BCUT2D eigenvalue weighted by atomic mass is 9.84. The number of hydrogen-bond donors (Lipinski definition) is 0. The van der Waals surface area contributed by atoms with E-state index in [1.807, 2.05) is 12.1 Å². The Balaban J connectivity index is 1.75. The normalized spacial score (nSPS) is 21.0. The van der Waals surface area contributed by atoms with E-state index in [-0.39, 0.29) is 11.4 Å². The molecule has 0 saturated carbocycles. The van der Waals surface area contributed by atoms with Gasteiger partial charge in [-0.15, -0.1) is 10.2 Å². The fourth-order valence-corrected chi connectivity index (χ4v) is 4.41. The molecule has 0 radical (unpaired) electrons. The van der Waals surface area contributed by atoms with Crippen molar-refractivity contribution in [1.82, 2.24) is 24.6 Å². The van der Waals surface area contributed by atoms with Crippen molar-refractivity contribution >= 4 is 0 Å². The zero-order chi connectivity index (χ0) is 17.6. The Morgan fingerprint density at radius 1 is 1.08 bits per heavy atom. The van der Waals surface area contributed by atoms with Crippen molar-refractivity contribution in [1.29, 1.82) is 0 Å². The summed E-state index contributed by atoms with van der Waals surface area (Å²) >= 11 is 0. The van der Waals surface area contributed by atoms with E-state index in [9.17, 15) is 4.39 Å². The van der Waals surface area contributed by atoms with Crippen molar-refractivity contribution in [2.24, 2.45) is 0 Å². The molecule has 3 heterocycles. The minimum atomic E-state index is -0.221. The number of likely N-dealkylation sites (tertiary alicyclic amines) is 1. The molecule has 0 amide bonds. The van der Waals surface area contributed by atoms with Gasteiger partial charge in [-0.1, -0.05) is 0 Å². The van der Waals surface area contributed by atoms with E-state index < -0.39 is 0 Å². The van der Waals surface area contributed by atoms with E-state index in [2.05, 4.69) is 45.5 Å². The number of benzene rings is 1. The fourth-order valence-electron chi connectivity index (χ4n) is 4.41. The van der Waals surface area contributed by atoms with Crippen molar-refractivity contribution in [3.8, 4) is 11.4 Å². The maximum absolute atomic E-state index is 13.3. The molecule has 1 aromatic carbocycles. The van der Waals surface area contributed by atoms with E-state index in [4.69, 9.17) is 0 Å². The number of piperidine rings is 1. The van der Waals surface area contributed by atoms with Gasteiger partial charge in [-0.25, -0.2) is 4.39 Å². The van der Waals surface area contributed by atoms with Crippen molar-refractivity contribution in [2.45, 2.75) is 44.8 Å². The third kappa shape index (κ3) is 2.87. The molecular weight excluding hydrogens is 317 g/mol. The quantitative estimate of drug-likeness (QED) is 0.840. The standard InChI is InChI=1S/C19H26FN5/c1-14(2)24-10-8-19(9-11-24)13-23(3)12-17-21-22-18(25(17)19)15-4-6-16(20)7-5-15/h4-7,14H,8-13H2,1-3H3. The van der Waals surface area contributed by atoms with Crippen LogP contribution in [0.25, 0.3) is 11.4 Å². The van der Waals surface area contributed by atoms with Crippen LogP contribution in [-0.4, -0.2) is 57.3 Å². The molecule has 0 atom stereocenters. The molecule has 0 unspecified atom stereocenters. The van der Waals surface area contributed by atoms with Gasteiger partial charge in [-0.2, -0.15) is 0 Å². The summed E-state index contributed by atoms with van der Waals surface area (Å²) in [5, 5.41) is 8.96. The smallest absolute Gasteiger partial charge is 0.164 e. The first-order chi connectivity index (χ1) is 12.0. The summed E-state index contributed by atoms with van der Waals surface area (Å²) in [6, 6.07) is 7.19. The minimum Gasteiger partial charge on any atom is -0.302 e. The Morgan fingerprint density at radius 2 is 1.76 bits per heavy atom. The van der Waals surface area contributed by atoms with Crippen LogP contribution in [0, 0.1) is 5.82 Å². The molecule has 1 aromatic heterocycles. The van der Waals surface area contributed by atoms with Crippen LogP contribution in [0.15, 0.2) is 24.3 Å². The van der Waals surface area contributed by atoms with Gasteiger partial charge in [0.25, 0.3) is 0 Å². The second-order valence-corrected chi connectivity index (χ2v) is 7.81. The summed E-state index contributed by atoms with van der Waals surface area (Å²) < 4.78 is 15.7. The molecule has 134 valence electrons. The van der Waals surface area contributed by atoms with Gasteiger partial charge < -0.3 is 9.47 Å². The Hall–Kier alpha value is -1.79. The topological polar surface area (TPSA) is 37.2 Å². The minimum absolute atomic E-state index is 0.0287. The predicted octanol–water partition coefficient (Wildman–Crippen LogP) is 2.73. The van der Waals surface area contributed by atoms with Gasteiger partial charge in [-0.05, 0) is 58.0 Å². The van der Waals surface area contributed by atoms with E-state index in [0.29, 0.717) is 6.04 Å². The van der Waals surface area contributed by atoms with Gasteiger partial charge >= 0.3 is 0 Å². The molecule has 2 aliphatic heterocycles. The van der Waals surface area contributed by atoms with Crippen molar-refractivity contribution in [3.63, 3.8) is 0 Å². The SMILES string of the molecule is CC(C)N1CCC2(CC1)CN(C)Cc1nnc(-c3ccc(F)cc3)n12. The summed E-state index contributed by atoms with van der Waals surface area (Å²) in [4.78, 5) is 4.89. The van der Waals surface area contributed by atoms with Crippen LogP contribution in [0.5, 0.6) is 0 Å². The molecule has 5 nitrogen and oxygen atoms in total.